The highest BCUT2D eigenvalue weighted by atomic mass is 16.6. The highest BCUT2D eigenvalue weighted by molar-refractivity contribution is 5.96. The number of nitrogens with zero attached hydrogens (tertiary/aromatic N) is 1. The molecule has 5 heteroatoms. The molecule has 0 spiro atoms. The second-order valence-electron chi connectivity index (χ2n) is 5.57. The number of nitrogens with one attached hydrogen (secondary N) is 1. The van der Waals surface area contributed by atoms with Gasteiger partial charge in [0.2, 0.25) is 5.91 Å². The van der Waals surface area contributed by atoms with Crippen molar-refractivity contribution < 1.29 is 9.72 Å². The van der Waals surface area contributed by atoms with Crippen molar-refractivity contribution in [1.29, 1.82) is 0 Å². The van der Waals surface area contributed by atoms with Crippen LogP contribution in [0.5, 0.6) is 0 Å². The number of hydrogen-bond acceptors (Lipinski definition) is 3. The summed E-state index contributed by atoms with van der Waals surface area (Å²) in [4.78, 5) is 22.9. The van der Waals surface area contributed by atoms with Gasteiger partial charge in [-0.15, -0.1) is 0 Å². The Morgan fingerprint density at radius 1 is 1.13 bits per heavy atom. The van der Waals surface area contributed by atoms with Gasteiger partial charge >= 0.3 is 0 Å². The van der Waals surface area contributed by atoms with E-state index in [9.17, 15) is 14.9 Å². The van der Waals surface area contributed by atoms with Gasteiger partial charge in [-0.25, -0.2) is 0 Å². The molecular weight excluding hydrogens is 292 g/mol. The molecule has 2 atom stereocenters. The average Bonchev–Trinajstić information content (AvgIpc) is 2.56. The highest BCUT2D eigenvalue weighted by Crippen LogP contribution is 2.28. The Labute approximate surface area is 135 Å². The fraction of sp³-hybridized carbons (Fsp3) is 0.278. The molecular formula is C18H20N2O3. The van der Waals surface area contributed by atoms with E-state index in [2.05, 4.69) is 12.2 Å². The number of anilines is 1. The molecule has 0 aliphatic rings. The first-order chi connectivity index (χ1) is 11.0. The number of amides is 1. The molecule has 2 rings (SSSR count). The predicted molar refractivity (Wildman–Crippen MR) is 90.4 cm³/mol. The molecule has 120 valence electrons. The topological polar surface area (TPSA) is 72.2 Å². The first-order valence-corrected chi connectivity index (χ1v) is 7.63. The normalized spacial score (nSPS) is 13.1. The van der Waals surface area contributed by atoms with E-state index in [-0.39, 0.29) is 23.4 Å². The van der Waals surface area contributed by atoms with E-state index in [0.717, 1.165) is 12.0 Å². The molecule has 2 aromatic carbocycles. The second kappa shape index (κ2) is 7.54. The molecule has 0 heterocycles. The third-order valence-corrected chi connectivity index (χ3v) is 4.00. The van der Waals surface area contributed by atoms with Crippen LogP contribution >= 0.6 is 0 Å². The van der Waals surface area contributed by atoms with E-state index in [1.165, 1.54) is 12.1 Å². The number of benzene rings is 2. The van der Waals surface area contributed by atoms with Gasteiger partial charge in [-0.2, -0.15) is 0 Å². The van der Waals surface area contributed by atoms with E-state index in [0.29, 0.717) is 5.69 Å². The van der Waals surface area contributed by atoms with Crippen molar-refractivity contribution in [3.8, 4) is 0 Å². The Balaban J connectivity index is 2.19. The van der Waals surface area contributed by atoms with Crippen molar-refractivity contribution in [2.45, 2.75) is 26.2 Å². The maximum absolute atomic E-state index is 12.7. The Bertz CT molecular complexity index is 668. The van der Waals surface area contributed by atoms with Gasteiger partial charge in [0.15, 0.2) is 0 Å². The zero-order valence-corrected chi connectivity index (χ0v) is 13.2. The lowest BCUT2D eigenvalue weighted by Gasteiger charge is -2.22. The standard InChI is InChI=1S/C18H20N2O3/c1-3-13(2)17(14-7-5-4-6-8-14)18(21)19-15-9-11-16(12-10-15)20(22)23/h4-13,17H,3H2,1-2H3,(H,19,21). The zero-order chi connectivity index (χ0) is 16.8. The van der Waals surface area contributed by atoms with Crippen LogP contribution in [0.1, 0.15) is 31.7 Å². The van der Waals surface area contributed by atoms with E-state index < -0.39 is 4.92 Å². The van der Waals surface area contributed by atoms with Gasteiger partial charge in [0.25, 0.3) is 5.69 Å². The minimum Gasteiger partial charge on any atom is -0.326 e. The van der Waals surface area contributed by atoms with Crippen molar-refractivity contribution in [2.75, 3.05) is 5.32 Å². The quantitative estimate of drug-likeness (QED) is 0.636. The first-order valence-electron chi connectivity index (χ1n) is 7.63. The van der Waals surface area contributed by atoms with Gasteiger partial charge in [0.1, 0.15) is 0 Å². The van der Waals surface area contributed by atoms with Crippen LogP contribution in [-0.4, -0.2) is 10.8 Å². The molecule has 23 heavy (non-hydrogen) atoms. The summed E-state index contributed by atoms with van der Waals surface area (Å²) in [6, 6.07) is 15.5. The molecule has 0 saturated heterocycles. The summed E-state index contributed by atoms with van der Waals surface area (Å²) in [6.07, 6.45) is 0.882. The number of non-ortho nitro benzene ring substituents is 1. The minimum absolute atomic E-state index is 0.00420. The summed E-state index contributed by atoms with van der Waals surface area (Å²) in [6.45, 7) is 4.10. The summed E-state index contributed by atoms with van der Waals surface area (Å²) >= 11 is 0. The number of nitro groups is 1. The van der Waals surface area contributed by atoms with Crippen LogP contribution in [0.3, 0.4) is 0 Å². The van der Waals surface area contributed by atoms with Crippen LogP contribution in [0.15, 0.2) is 54.6 Å². The fourth-order valence-electron chi connectivity index (χ4n) is 2.52. The smallest absolute Gasteiger partial charge is 0.269 e. The van der Waals surface area contributed by atoms with Crippen molar-refractivity contribution in [3.63, 3.8) is 0 Å². The van der Waals surface area contributed by atoms with Crippen LogP contribution in [0.4, 0.5) is 11.4 Å². The molecule has 5 nitrogen and oxygen atoms in total. The van der Waals surface area contributed by atoms with Crippen LogP contribution < -0.4 is 5.32 Å². The molecule has 2 unspecified atom stereocenters. The van der Waals surface area contributed by atoms with Gasteiger partial charge in [0, 0.05) is 17.8 Å². The van der Waals surface area contributed by atoms with Crippen molar-refractivity contribution >= 4 is 17.3 Å². The Hall–Kier alpha value is -2.69. The maximum Gasteiger partial charge on any atom is 0.269 e. The van der Waals surface area contributed by atoms with Crippen LogP contribution in [0, 0.1) is 16.0 Å². The van der Waals surface area contributed by atoms with E-state index >= 15 is 0 Å². The lowest BCUT2D eigenvalue weighted by Crippen LogP contribution is -2.26. The third-order valence-electron chi connectivity index (χ3n) is 4.00. The monoisotopic (exact) mass is 312 g/mol. The summed E-state index contributed by atoms with van der Waals surface area (Å²) < 4.78 is 0. The molecule has 0 radical (unpaired) electrons. The number of carbonyl (C=O) groups excluding carboxylic acids is 1. The Morgan fingerprint density at radius 2 is 1.74 bits per heavy atom. The van der Waals surface area contributed by atoms with Crippen molar-refractivity contribution in [3.05, 3.63) is 70.3 Å². The molecule has 0 saturated carbocycles. The molecule has 0 fully saturated rings. The van der Waals surface area contributed by atoms with E-state index in [1.807, 2.05) is 37.3 Å². The highest BCUT2D eigenvalue weighted by Gasteiger charge is 2.25. The van der Waals surface area contributed by atoms with Crippen molar-refractivity contribution in [1.82, 2.24) is 0 Å². The van der Waals surface area contributed by atoms with Gasteiger partial charge in [-0.3, -0.25) is 14.9 Å². The van der Waals surface area contributed by atoms with Gasteiger partial charge in [0.05, 0.1) is 10.8 Å². The van der Waals surface area contributed by atoms with Crippen LogP contribution in [0.2, 0.25) is 0 Å². The molecule has 0 aromatic heterocycles. The van der Waals surface area contributed by atoms with Gasteiger partial charge < -0.3 is 5.32 Å². The van der Waals surface area contributed by atoms with Crippen LogP contribution in [0.25, 0.3) is 0 Å². The lowest BCUT2D eigenvalue weighted by atomic mass is 9.85. The maximum atomic E-state index is 12.7. The predicted octanol–water partition coefficient (Wildman–Crippen LogP) is 4.36. The Kier molecular flexibility index (Phi) is 5.46. The minimum atomic E-state index is -0.461. The number of carbonyl (C=O) groups is 1. The third kappa shape index (κ3) is 4.16. The van der Waals surface area contributed by atoms with Crippen LogP contribution in [-0.2, 0) is 4.79 Å². The largest absolute Gasteiger partial charge is 0.326 e. The molecule has 0 bridgehead atoms. The molecule has 1 N–H and O–H groups in total. The van der Waals surface area contributed by atoms with E-state index in [4.69, 9.17) is 0 Å². The fourth-order valence-corrected chi connectivity index (χ4v) is 2.52. The average molecular weight is 312 g/mol. The summed E-state index contributed by atoms with van der Waals surface area (Å²) in [5.41, 5.74) is 1.54. The zero-order valence-electron chi connectivity index (χ0n) is 13.2. The second-order valence-corrected chi connectivity index (χ2v) is 5.57. The van der Waals surface area contributed by atoms with Crippen molar-refractivity contribution in [2.24, 2.45) is 5.92 Å². The van der Waals surface area contributed by atoms with Gasteiger partial charge in [-0.05, 0) is 23.6 Å². The summed E-state index contributed by atoms with van der Waals surface area (Å²) in [5.74, 6) is -0.161. The number of nitro benzene ring substituents is 1. The molecule has 0 aliphatic carbocycles. The molecule has 2 aromatic rings. The van der Waals surface area contributed by atoms with Gasteiger partial charge in [-0.1, -0.05) is 50.6 Å². The number of hydrogen-bond donors (Lipinski definition) is 1. The van der Waals surface area contributed by atoms with E-state index in [1.54, 1.807) is 12.1 Å². The summed E-state index contributed by atoms with van der Waals surface area (Å²) in [7, 11) is 0. The lowest BCUT2D eigenvalue weighted by molar-refractivity contribution is -0.384. The molecule has 1 amide bonds. The SMILES string of the molecule is CCC(C)C(C(=O)Nc1ccc([N+](=O)[O-])cc1)c1ccccc1. The summed E-state index contributed by atoms with van der Waals surface area (Å²) in [5, 5.41) is 13.5. The Morgan fingerprint density at radius 3 is 2.26 bits per heavy atom. The molecule has 0 aliphatic heterocycles. The number of rotatable bonds is 6. The first kappa shape index (κ1) is 16.7.